The van der Waals surface area contributed by atoms with E-state index in [1.165, 1.54) is 14.7 Å². The van der Waals surface area contributed by atoms with Crippen LogP contribution in [0.4, 0.5) is 0 Å². The van der Waals surface area contributed by atoms with Crippen LogP contribution in [0.15, 0.2) is 106 Å². The molecule has 0 fully saturated rings. The Kier molecular flexibility index (Phi) is 6.18. The van der Waals surface area contributed by atoms with Gasteiger partial charge in [0.1, 0.15) is 0 Å². The van der Waals surface area contributed by atoms with Gasteiger partial charge in [-0.3, -0.25) is 13.9 Å². The normalized spacial score (nSPS) is 11.2. The lowest BCUT2D eigenvalue weighted by molar-refractivity contribution is 0.651. The lowest BCUT2D eigenvalue weighted by atomic mass is 10.2. The van der Waals surface area contributed by atoms with Crippen molar-refractivity contribution in [3.63, 3.8) is 0 Å². The standard InChI is InChI=1S/C27H24N4O2S/c1-29-24-23(25(32)31(27(29)33)18-21-13-7-3-8-14-21)30(17-20-11-5-2-6-12-20)26(28-24)34-19-22-15-9-4-10-16-22/h2-16H,17-19H2,1H3. The molecule has 0 unspecified atom stereocenters. The Hall–Kier alpha value is -3.84. The third kappa shape index (κ3) is 4.34. The van der Waals surface area contributed by atoms with Gasteiger partial charge in [-0.2, -0.15) is 0 Å². The number of benzene rings is 3. The van der Waals surface area contributed by atoms with Gasteiger partial charge in [0.2, 0.25) is 0 Å². The predicted octanol–water partition coefficient (Wildman–Crippen LogP) is 4.29. The molecule has 0 aliphatic heterocycles. The van der Waals surface area contributed by atoms with Gasteiger partial charge in [0.25, 0.3) is 5.56 Å². The Morgan fingerprint density at radius 1 is 0.706 bits per heavy atom. The summed E-state index contributed by atoms with van der Waals surface area (Å²) in [5.41, 5.74) is 3.28. The van der Waals surface area contributed by atoms with Crippen molar-refractivity contribution in [3.8, 4) is 0 Å². The second kappa shape index (κ2) is 9.57. The minimum absolute atomic E-state index is 0.214. The van der Waals surface area contributed by atoms with E-state index in [2.05, 4.69) is 12.1 Å². The van der Waals surface area contributed by atoms with Crippen LogP contribution in [0.25, 0.3) is 11.2 Å². The maximum Gasteiger partial charge on any atom is 0.332 e. The van der Waals surface area contributed by atoms with E-state index in [4.69, 9.17) is 4.98 Å². The average molecular weight is 469 g/mol. The fourth-order valence-corrected chi connectivity index (χ4v) is 4.95. The first-order valence-electron chi connectivity index (χ1n) is 11.1. The van der Waals surface area contributed by atoms with Gasteiger partial charge in [-0.05, 0) is 16.7 Å². The predicted molar refractivity (Wildman–Crippen MR) is 136 cm³/mol. The van der Waals surface area contributed by atoms with Crippen LogP contribution >= 0.6 is 11.8 Å². The van der Waals surface area contributed by atoms with E-state index in [9.17, 15) is 9.59 Å². The van der Waals surface area contributed by atoms with Crippen molar-refractivity contribution >= 4 is 22.9 Å². The molecule has 0 saturated heterocycles. The van der Waals surface area contributed by atoms with Crippen molar-refractivity contribution < 1.29 is 0 Å². The highest BCUT2D eigenvalue weighted by atomic mass is 32.2. The second-order valence-electron chi connectivity index (χ2n) is 8.13. The Bertz CT molecular complexity index is 1540. The summed E-state index contributed by atoms with van der Waals surface area (Å²) >= 11 is 1.57. The van der Waals surface area contributed by atoms with E-state index in [0.29, 0.717) is 28.6 Å². The van der Waals surface area contributed by atoms with E-state index in [0.717, 1.165) is 11.1 Å². The van der Waals surface area contributed by atoms with Gasteiger partial charge in [0.05, 0.1) is 13.1 Å². The first-order chi connectivity index (χ1) is 16.6. The highest BCUT2D eigenvalue weighted by molar-refractivity contribution is 7.98. The first-order valence-corrected chi connectivity index (χ1v) is 12.0. The molecule has 0 amide bonds. The molecule has 0 radical (unpaired) electrons. The number of hydrogen-bond acceptors (Lipinski definition) is 4. The molecule has 2 aromatic heterocycles. The van der Waals surface area contributed by atoms with Crippen molar-refractivity contribution in [3.05, 3.63) is 129 Å². The van der Waals surface area contributed by atoms with Gasteiger partial charge < -0.3 is 4.57 Å². The highest BCUT2D eigenvalue weighted by Gasteiger charge is 2.21. The van der Waals surface area contributed by atoms with Crippen molar-refractivity contribution in [2.45, 2.75) is 24.0 Å². The van der Waals surface area contributed by atoms with E-state index in [-0.39, 0.29) is 17.8 Å². The number of aromatic nitrogens is 4. The van der Waals surface area contributed by atoms with Crippen LogP contribution in [0.5, 0.6) is 0 Å². The van der Waals surface area contributed by atoms with E-state index in [1.54, 1.807) is 18.8 Å². The number of fused-ring (bicyclic) bond motifs is 1. The van der Waals surface area contributed by atoms with Crippen molar-refractivity contribution in [2.75, 3.05) is 0 Å². The van der Waals surface area contributed by atoms with Crippen LogP contribution in [0.1, 0.15) is 16.7 Å². The molecule has 0 spiro atoms. The summed E-state index contributed by atoms with van der Waals surface area (Å²) in [5, 5.41) is 0.715. The van der Waals surface area contributed by atoms with Crippen LogP contribution in [0.2, 0.25) is 0 Å². The summed E-state index contributed by atoms with van der Waals surface area (Å²) < 4.78 is 4.72. The number of imidazole rings is 1. The lowest BCUT2D eigenvalue weighted by Gasteiger charge is -2.11. The molecule has 34 heavy (non-hydrogen) atoms. The van der Waals surface area contributed by atoms with Gasteiger partial charge in [-0.1, -0.05) is 103 Å². The summed E-state index contributed by atoms with van der Waals surface area (Å²) in [6, 6.07) is 29.7. The zero-order chi connectivity index (χ0) is 23.5. The van der Waals surface area contributed by atoms with Crippen LogP contribution in [0, 0.1) is 0 Å². The average Bonchev–Trinajstić information content (AvgIpc) is 3.24. The minimum Gasteiger partial charge on any atom is -0.309 e. The first kappa shape index (κ1) is 22.0. The van der Waals surface area contributed by atoms with Gasteiger partial charge in [0.15, 0.2) is 16.3 Å². The number of aryl methyl sites for hydroxylation is 1. The molecule has 0 aliphatic rings. The molecule has 2 heterocycles. The number of hydrogen-bond donors (Lipinski definition) is 0. The molecule has 6 nitrogen and oxygen atoms in total. The van der Waals surface area contributed by atoms with Crippen molar-refractivity contribution in [2.24, 2.45) is 7.05 Å². The molecular weight excluding hydrogens is 444 g/mol. The maximum absolute atomic E-state index is 13.7. The molecule has 5 aromatic rings. The molecular formula is C27H24N4O2S. The van der Waals surface area contributed by atoms with E-state index < -0.39 is 0 Å². The van der Waals surface area contributed by atoms with Crippen molar-refractivity contribution in [1.29, 1.82) is 0 Å². The molecule has 7 heteroatoms. The molecule has 0 atom stereocenters. The molecule has 170 valence electrons. The van der Waals surface area contributed by atoms with Gasteiger partial charge >= 0.3 is 5.69 Å². The number of thioether (sulfide) groups is 1. The Balaban J connectivity index is 1.66. The third-order valence-electron chi connectivity index (χ3n) is 5.78. The monoisotopic (exact) mass is 468 g/mol. The second-order valence-corrected chi connectivity index (χ2v) is 9.07. The summed E-state index contributed by atoms with van der Waals surface area (Å²) in [6.45, 7) is 0.707. The zero-order valence-corrected chi connectivity index (χ0v) is 19.6. The number of rotatable bonds is 7. The van der Waals surface area contributed by atoms with Gasteiger partial charge in [-0.25, -0.2) is 9.78 Å². The maximum atomic E-state index is 13.7. The largest absolute Gasteiger partial charge is 0.332 e. The zero-order valence-electron chi connectivity index (χ0n) is 18.8. The van der Waals surface area contributed by atoms with Crippen LogP contribution < -0.4 is 11.2 Å². The minimum atomic E-state index is -0.370. The fourth-order valence-electron chi connectivity index (χ4n) is 4.00. The van der Waals surface area contributed by atoms with E-state index >= 15 is 0 Å². The lowest BCUT2D eigenvalue weighted by Crippen LogP contribution is -2.40. The smallest absolute Gasteiger partial charge is 0.309 e. The third-order valence-corrected chi connectivity index (χ3v) is 6.82. The van der Waals surface area contributed by atoms with Crippen LogP contribution in [-0.4, -0.2) is 18.7 Å². The topological polar surface area (TPSA) is 61.8 Å². The van der Waals surface area contributed by atoms with Crippen molar-refractivity contribution in [1.82, 2.24) is 18.7 Å². The summed E-state index contributed by atoms with van der Waals surface area (Å²) in [7, 11) is 1.68. The number of nitrogens with zero attached hydrogens (tertiary/aromatic N) is 4. The molecule has 0 saturated carbocycles. The van der Waals surface area contributed by atoms with E-state index in [1.807, 2.05) is 83.4 Å². The SMILES string of the molecule is Cn1c(=O)n(Cc2ccccc2)c(=O)c2c1nc(SCc1ccccc1)n2Cc1ccccc1. The Labute approximate surface area is 201 Å². The quantitative estimate of drug-likeness (QED) is 0.335. The summed E-state index contributed by atoms with van der Waals surface area (Å²) in [5.74, 6) is 0.713. The van der Waals surface area contributed by atoms with Gasteiger partial charge in [-0.15, -0.1) is 0 Å². The molecule has 0 bridgehead atoms. The van der Waals surface area contributed by atoms with Crippen LogP contribution in [-0.2, 0) is 25.9 Å². The summed E-state index contributed by atoms with van der Waals surface area (Å²) in [4.78, 5) is 31.6. The molecule has 5 rings (SSSR count). The molecule has 0 N–H and O–H groups in total. The van der Waals surface area contributed by atoms with Gasteiger partial charge in [0, 0.05) is 12.8 Å². The molecule has 3 aromatic carbocycles. The fraction of sp³-hybridized carbons (Fsp3) is 0.148. The molecule has 0 aliphatic carbocycles. The Morgan fingerprint density at radius 3 is 1.76 bits per heavy atom. The Morgan fingerprint density at radius 2 is 1.21 bits per heavy atom. The highest BCUT2D eigenvalue weighted by Crippen LogP contribution is 2.26. The summed E-state index contributed by atoms with van der Waals surface area (Å²) in [6.07, 6.45) is 0. The van der Waals surface area contributed by atoms with Crippen LogP contribution in [0.3, 0.4) is 0 Å².